The third-order valence-electron chi connectivity index (χ3n) is 10.9. The first-order chi connectivity index (χ1) is 27.3. The summed E-state index contributed by atoms with van der Waals surface area (Å²) in [6.07, 6.45) is 0. The van der Waals surface area contributed by atoms with Crippen LogP contribution in [0.25, 0.3) is 88.0 Å². The number of benzene rings is 9. The fourth-order valence-electron chi connectivity index (χ4n) is 8.30. The molecule has 9 aromatic carbocycles. The zero-order valence-electron chi connectivity index (χ0n) is 29.8. The summed E-state index contributed by atoms with van der Waals surface area (Å²) < 4.78 is 12.6. The molecular weight excluding hydrogens is 671 g/mol. The van der Waals surface area contributed by atoms with Crippen LogP contribution in [0.15, 0.2) is 209 Å². The Kier molecular flexibility index (Phi) is 7.17. The van der Waals surface area contributed by atoms with Gasteiger partial charge in [0.25, 0.3) is 0 Å². The Balaban J connectivity index is 1.08. The smallest absolute Gasteiger partial charge is 0.137 e. The van der Waals surface area contributed by atoms with Gasteiger partial charge in [-0.05, 0) is 99.3 Å². The molecule has 3 nitrogen and oxygen atoms in total. The summed E-state index contributed by atoms with van der Waals surface area (Å²) in [5.41, 5.74) is 13.7. The number of rotatable bonds is 6. The van der Waals surface area contributed by atoms with E-state index in [-0.39, 0.29) is 0 Å². The molecule has 0 aliphatic carbocycles. The first-order valence-corrected chi connectivity index (χ1v) is 18.7. The minimum Gasteiger partial charge on any atom is -0.456 e. The highest BCUT2D eigenvalue weighted by atomic mass is 16.3. The van der Waals surface area contributed by atoms with Crippen LogP contribution in [-0.4, -0.2) is 0 Å². The molecule has 0 saturated carbocycles. The number of fused-ring (bicyclic) bond motifs is 7. The van der Waals surface area contributed by atoms with Crippen LogP contribution in [0.1, 0.15) is 0 Å². The Bertz CT molecular complexity index is 3220. The molecule has 55 heavy (non-hydrogen) atoms. The Hall–Kier alpha value is -7.36. The molecule has 2 aromatic heterocycles. The number of anilines is 3. The van der Waals surface area contributed by atoms with Crippen LogP contribution in [0.5, 0.6) is 0 Å². The molecule has 0 fully saturated rings. The van der Waals surface area contributed by atoms with Crippen LogP contribution in [0.2, 0.25) is 0 Å². The lowest BCUT2D eigenvalue weighted by atomic mass is 9.95. The number of nitrogens with zero attached hydrogens (tertiary/aromatic N) is 1. The lowest BCUT2D eigenvalue weighted by Crippen LogP contribution is -2.11. The van der Waals surface area contributed by atoms with Gasteiger partial charge in [0.1, 0.15) is 22.3 Å². The fraction of sp³-hybridized carbons (Fsp3) is 0. The zero-order chi connectivity index (χ0) is 36.3. The first kappa shape index (κ1) is 31.2. The van der Waals surface area contributed by atoms with Crippen molar-refractivity contribution in [2.75, 3.05) is 4.90 Å². The van der Waals surface area contributed by atoms with E-state index in [9.17, 15) is 0 Å². The molecule has 0 spiro atoms. The molecule has 0 N–H and O–H groups in total. The van der Waals surface area contributed by atoms with Crippen LogP contribution in [0.4, 0.5) is 17.1 Å². The second-order valence-electron chi connectivity index (χ2n) is 14.1. The molecule has 3 heteroatoms. The lowest BCUT2D eigenvalue weighted by molar-refractivity contribution is 0.668. The number of furan rings is 2. The van der Waals surface area contributed by atoms with Crippen molar-refractivity contribution in [3.05, 3.63) is 200 Å². The first-order valence-electron chi connectivity index (χ1n) is 18.7. The largest absolute Gasteiger partial charge is 0.456 e. The van der Waals surface area contributed by atoms with E-state index >= 15 is 0 Å². The molecule has 11 aromatic rings. The van der Waals surface area contributed by atoms with Crippen molar-refractivity contribution in [1.82, 2.24) is 0 Å². The van der Waals surface area contributed by atoms with Crippen LogP contribution in [0, 0.1) is 0 Å². The standard InChI is InChI=1S/C52H33NO2/c1-2-16-40-35(12-1)13-10-20-41(40)37-15-9-14-36(32-37)34-26-29-39(30-27-34)53(47-22-11-25-51-52(47)44-19-5-8-24-49(44)55-51)46-21-6-3-17-42(46)38-28-31-50-45(33-38)43-18-4-7-23-48(43)54-50/h1-33H. The van der Waals surface area contributed by atoms with Crippen molar-refractivity contribution < 1.29 is 8.83 Å². The summed E-state index contributed by atoms with van der Waals surface area (Å²) in [6.45, 7) is 0. The molecule has 2 heterocycles. The van der Waals surface area contributed by atoms with Gasteiger partial charge in [0.05, 0.1) is 16.8 Å². The molecule has 0 aliphatic rings. The maximum atomic E-state index is 6.42. The minimum atomic E-state index is 0.856. The lowest BCUT2D eigenvalue weighted by Gasteiger charge is -2.28. The second kappa shape index (κ2) is 12.6. The average Bonchev–Trinajstić information content (AvgIpc) is 3.83. The Morgan fingerprint density at radius 1 is 0.309 bits per heavy atom. The van der Waals surface area contributed by atoms with Crippen molar-refractivity contribution in [3.8, 4) is 33.4 Å². The van der Waals surface area contributed by atoms with E-state index in [0.29, 0.717) is 0 Å². The van der Waals surface area contributed by atoms with Crippen LogP contribution in [-0.2, 0) is 0 Å². The monoisotopic (exact) mass is 703 g/mol. The molecule has 0 radical (unpaired) electrons. The average molecular weight is 704 g/mol. The Labute approximate surface area is 317 Å². The quantitative estimate of drug-likeness (QED) is 0.173. The molecule has 0 unspecified atom stereocenters. The molecule has 0 aliphatic heterocycles. The highest BCUT2D eigenvalue weighted by Crippen LogP contribution is 2.47. The van der Waals surface area contributed by atoms with Crippen LogP contribution >= 0.6 is 0 Å². The van der Waals surface area contributed by atoms with Gasteiger partial charge in [-0.25, -0.2) is 0 Å². The van der Waals surface area contributed by atoms with Crippen molar-refractivity contribution in [1.29, 1.82) is 0 Å². The molecule has 258 valence electrons. The third kappa shape index (κ3) is 5.20. The maximum absolute atomic E-state index is 6.42. The Morgan fingerprint density at radius 3 is 1.76 bits per heavy atom. The number of hydrogen-bond donors (Lipinski definition) is 0. The van der Waals surface area contributed by atoms with Crippen molar-refractivity contribution >= 4 is 71.7 Å². The topological polar surface area (TPSA) is 29.5 Å². The van der Waals surface area contributed by atoms with Crippen molar-refractivity contribution in [2.45, 2.75) is 0 Å². The predicted octanol–water partition coefficient (Wildman–Crippen LogP) is 15.1. The van der Waals surface area contributed by atoms with Crippen molar-refractivity contribution in [2.24, 2.45) is 0 Å². The molecule has 11 rings (SSSR count). The van der Waals surface area contributed by atoms with Gasteiger partial charge in [0, 0.05) is 27.4 Å². The van der Waals surface area contributed by atoms with E-state index in [2.05, 4.69) is 181 Å². The molecule has 0 atom stereocenters. The van der Waals surface area contributed by atoms with Gasteiger partial charge >= 0.3 is 0 Å². The van der Waals surface area contributed by atoms with E-state index in [1.165, 1.54) is 27.5 Å². The van der Waals surface area contributed by atoms with Gasteiger partial charge in [-0.2, -0.15) is 0 Å². The summed E-state index contributed by atoms with van der Waals surface area (Å²) >= 11 is 0. The van der Waals surface area contributed by atoms with E-state index in [1.54, 1.807) is 0 Å². The summed E-state index contributed by atoms with van der Waals surface area (Å²) in [7, 11) is 0. The summed E-state index contributed by atoms with van der Waals surface area (Å²) in [5, 5.41) is 6.89. The third-order valence-corrected chi connectivity index (χ3v) is 10.9. The molecule has 0 saturated heterocycles. The Morgan fingerprint density at radius 2 is 0.873 bits per heavy atom. The van der Waals surface area contributed by atoms with E-state index in [0.717, 1.165) is 77.6 Å². The second-order valence-corrected chi connectivity index (χ2v) is 14.1. The van der Waals surface area contributed by atoms with E-state index < -0.39 is 0 Å². The van der Waals surface area contributed by atoms with Crippen LogP contribution < -0.4 is 4.90 Å². The molecule has 0 amide bonds. The highest BCUT2D eigenvalue weighted by Gasteiger charge is 2.22. The normalized spacial score (nSPS) is 11.6. The van der Waals surface area contributed by atoms with Crippen LogP contribution in [0.3, 0.4) is 0 Å². The van der Waals surface area contributed by atoms with Gasteiger partial charge in [-0.3, -0.25) is 0 Å². The van der Waals surface area contributed by atoms with Gasteiger partial charge in [0.15, 0.2) is 0 Å². The highest BCUT2D eigenvalue weighted by molar-refractivity contribution is 6.14. The van der Waals surface area contributed by atoms with Gasteiger partial charge < -0.3 is 13.7 Å². The number of para-hydroxylation sites is 3. The zero-order valence-corrected chi connectivity index (χ0v) is 29.8. The molecule has 0 bridgehead atoms. The predicted molar refractivity (Wildman–Crippen MR) is 229 cm³/mol. The molecular formula is C52H33NO2. The van der Waals surface area contributed by atoms with E-state index in [4.69, 9.17) is 8.83 Å². The number of hydrogen-bond acceptors (Lipinski definition) is 3. The summed E-state index contributed by atoms with van der Waals surface area (Å²) in [4.78, 5) is 2.38. The summed E-state index contributed by atoms with van der Waals surface area (Å²) in [5.74, 6) is 0. The van der Waals surface area contributed by atoms with Gasteiger partial charge in [-0.15, -0.1) is 0 Å². The minimum absolute atomic E-state index is 0.856. The van der Waals surface area contributed by atoms with Crippen molar-refractivity contribution in [3.63, 3.8) is 0 Å². The maximum Gasteiger partial charge on any atom is 0.137 e. The fourth-order valence-corrected chi connectivity index (χ4v) is 8.30. The SMILES string of the molecule is c1cc(-c2ccc(N(c3ccccc3-c3ccc4oc5ccccc5c4c3)c3cccc4oc5ccccc5c34)cc2)cc(-c2cccc3ccccc23)c1. The van der Waals surface area contributed by atoms with Gasteiger partial charge in [-0.1, -0.05) is 140 Å². The summed E-state index contributed by atoms with van der Waals surface area (Å²) in [6, 6.07) is 71.1. The van der Waals surface area contributed by atoms with Gasteiger partial charge in [0.2, 0.25) is 0 Å². The van der Waals surface area contributed by atoms with E-state index in [1.807, 2.05) is 24.3 Å².